The first-order chi connectivity index (χ1) is 20.8. The first-order valence-corrected chi connectivity index (χ1v) is 13.7. The average molecular weight is 606 g/mol. The molecule has 0 saturated heterocycles. The zero-order valence-electron chi connectivity index (χ0n) is 23.0. The van der Waals surface area contributed by atoms with Crippen molar-refractivity contribution in [2.24, 2.45) is 0 Å². The lowest BCUT2D eigenvalue weighted by molar-refractivity contribution is -0.118. The Bertz CT molecular complexity index is 1650. The van der Waals surface area contributed by atoms with Gasteiger partial charge in [0.05, 0.1) is 42.7 Å². The van der Waals surface area contributed by atoms with Crippen LogP contribution in [0.3, 0.4) is 0 Å². The molecule has 3 amide bonds. The molecule has 2 unspecified atom stereocenters. The Kier molecular flexibility index (Phi) is 9.08. The maximum atomic E-state index is 13.1. The highest BCUT2D eigenvalue weighted by Crippen LogP contribution is 2.32. The number of aliphatic hydroxyl groups is 1. The summed E-state index contributed by atoms with van der Waals surface area (Å²) in [7, 11) is 1.25. The summed E-state index contributed by atoms with van der Waals surface area (Å²) in [4.78, 5) is 45.4. The number of imidazole rings is 1. The van der Waals surface area contributed by atoms with Crippen molar-refractivity contribution in [3.63, 3.8) is 0 Å². The maximum absolute atomic E-state index is 13.1. The topological polar surface area (TPSA) is 189 Å². The van der Waals surface area contributed by atoms with E-state index in [1.165, 1.54) is 24.2 Å². The quantitative estimate of drug-likeness (QED) is 0.211. The summed E-state index contributed by atoms with van der Waals surface area (Å²) in [6.07, 6.45) is 5.72. The van der Waals surface area contributed by atoms with Gasteiger partial charge in [0.2, 0.25) is 11.8 Å². The number of H-pyrrole nitrogens is 1. The Morgan fingerprint density at radius 2 is 2.07 bits per heavy atom. The summed E-state index contributed by atoms with van der Waals surface area (Å²) in [5.74, 6) is -0.279. The third-order valence-electron chi connectivity index (χ3n) is 6.70. The number of aliphatic hydroxyl groups excluding tert-OH is 1. The smallest absolute Gasteiger partial charge is 0.411 e. The van der Waals surface area contributed by atoms with Crippen molar-refractivity contribution in [3.8, 4) is 16.9 Å². The van der Waals surface area contributed by atoms with Gasteiger partial charge in [0, 0.05) is 34.1 Å². The number of nitrogens with zero attached hydrogens (tertiary/aromatic N) is 5. The molecule has 0 saturated carbocycles. The molecule has 5 rings (SSSR count). The molecule has 5 N–H and O–H groups in total. The van der Waals surface area contributed by atoms with Crippen molar-refractivity contribution in [2.45, 2.75) is 37.8 Å². The van der Waals surface area contributed by atoms with Crippen LogP contribution in [0.5, 0.6) is 0 Å². The Labute approximate surface area is 250 Å². The zero-order valence-corrected chi connectivity index (χ0v) is 23.7. The van der Waals surface area contributed by atoms with Crippen molar-refractivity contribution in [3.05, 3.63) is 71.4 Å². The normalized spacial score (nSPS) is 17.1. The third kappa shape index (κ3) is 7.42. The van der Waals surface area contributed by atoms with Crippen LogP contribution < -0.4 is 16.0 Å². The summed E-state index contributed by atoms with van der Waals surface area (Å²) in [5.41, 5.74) is 3.12. The summed E-state index contributed by atoms with van der Waals surface area (Å²) in [5, 5.41) is 30.6. The lowest BCUT2D eigenvalue weighted by Crippen LogP contribution is -2.28. The molecule has 1 aliphatic heterocycles. The van der Waals surface area contributed by atoms with E-state index in [1.807, 2.05) is 0 Å². The molecule has 15 heteroatoms. The number of tetrazole rings is 1. The summed E-state index contributed by atoms with van der Waals surface area (Å²) < 4.78 is 6.12. The van der Waals surface area contributed by atoms with E-state index >= 15 is 0 Å². The van der Waals surface area contributed by atoms with Crippen molar-refractivity contribution < 1.29 is 24.2 Å². The molecule has 2 atom stereocenters. The fourth-order valence-corrected chi connectivity index (χ4v) is 4.83. The van der Waals surface area contributed by atoms with Gasteiger partial charge in [-0.1, -0.05) is 11.6 Å². The predicted molar refractivity (Wildman–Crippen MR) is 157 cm³/mol. The molecule has 14 nitrogen and oxygen atoms in total. The molecule has 3 heterocycles. The largest absolute Gasteiger partial charge is 0.453 e. The number of benzene rings is 2. The number of nitrogens with one attached hydrogen (secondary N) is 4. The van der Waals surface area contributed by atoms with Crippen molar-refractivity contribution in [1.82, 2.24) is 35.5 Å². The molecule has 43 heavy (non-hydrogen) atoms. The Morgan fingerprint density at radius 1 is 1.21 bits per heavy atom. The first kappa shape index (κ1) is 29.4. The Hall–Kier alpha value is -5.08. The number of ether oxygens (including phenoxy) is 1. The molecule has 0 aliphatic carbocycles. The SMILES string of the molecule is COC(=O)Nc1ccc2c(c1)NC(=O)CC(O)CCCC(NC(=O)C=Cc1cc(Cl)ccc1-n1cnnn1)c1nc-2c[nH]1. The van der Waals surface area contributed by atoms with Crippen LogP contribution in [0.25, 0.3) is 23.0 Å². The van der Waals surface area contributed by atoms with Crippen LogP contribution in [-0.4, -0.2) is 66.4 Å². The van der Waals surface area contributed by atoms with Crippen molar-refractivity contribution >= 4 is 47.0 Å². The van der Waals surface area contributed by atoms with Gasteiger partial charge in [-0.3, -0.25) is 14.9 Å². The standard InChI is InChI=1S/C28H28ClN9O5/c1-43-28(42)32-18-7-8-20-22(12-18)34-26(41)13-19(39)3-2-4-21(27-30-14-23(20)35-27)33-25(40)10-5-16-11-17(29)6-9-24(16)38-15-31-36-37-38/h5-12,14-15,19,21,39H,2-4,13H2,1H3,(H,30,35)(H,32,42)(H,33,40)(H,34,41). The molecule has 0 fully saturated rings. The number of carbonyl (C=O) groups excluding carboxylic acids is 3. The number of hydrogen-bond acceptors (Lipinski definition) is 9. The van der Waals surface area contributed by atoms with Crippen LogP contribution in [0.15, 0.2) is 55.0 Å². The predicted octanol–water partition coefficient (Wildman–Crippen LogP) is 3.63. The van der Waals surface area contributed by atoms with Gasteiger partial charge in [-0.2, -0.15) is 4.68 Å². The van der Waals surface area contributed by atoms with E-state index < -0.39 is 24.1 Å². The maximum Gasteiger partial charge on any atom is 0.411 e. The minimum Gasteiger partial charge on any atom is -0.453 e. The summed E-state index contributed by atoms with van der Waals surface area (Å²) in [6.45, 7) is 0. The minimum absolute atomic E-state index is 0.123. The molecule has 2 aromatic heterocycles. The number of methoxy groups -OCH3 is 1. The van der Waals surface area contributed by atoms with E-state index in [4.69, 9.17) is 16.6 Å². The molecular formula is C28H28ClN9O5. The van der Waals surface area contributed by atoms with Crippen LogP contribution >= 0.6 is 11.6 Å². The van der Waals surface area contributed by atoms with Crippen LogP contribution in [0.1, 0.15) is 43.1 Å². The van der Waals surface area contributed by atoms with E-state index in [-0.39, 0.29) is 12.3 Å². The van der Waals surface area contributed by atoms with Gasteiger partial charge in [0.25, 0.3) is 0 Å². The van der Waals surface area contributed by atoms with E-state index in [0.717, 1.165) is 0 Å². The Balaban J connectivity index is 1.41. The number of fused-ring (bicyclic) bond motifs is 4. The third-order valence-corrected chi connectivity index (χ3v) is 6.93. The second-order valence-electron chi connectivity index (χ2n) is 9.74. The molecule has 1 aliphatic rings. The number of aromatic amines is 1. The Morgan fingerprint density at radius 3 is 2.86 bits per heavy atom. The van der Waals surface area contributed by atoms with Crippen LogP contribution in [0.2, 0.25) is 5.02 Å². The van der Waals surface area contributed by atoms with Crippen LogP contribution in [-0.2, 0) is 14.3 Å². The van der Waals surface area contributed by atoms with Crippen molar-refractivity contribution in [1.29, 1.82) is 0 Å². The molecule has 4 aromatic rings. The second kappa shape index (κ2) is 13.3. The highest BCUT2D eigenvalue weighted by atomic mass is 35.5. The average Bonchev–Trinajstić information content (AvgIpc) is 3.68. The van der Waals surface area contributed by atoms with E-state index in [2.05, 4.69) is 41.2 Å². The molecule has 2 bridgehead atoms. The molecule has 0 spiro atoms. The minimum atomic E-state index is -0.893. The van der Waals surface area contributed by atoms with Gasteiger partial charge in [0.15, 0.2) is 0 Å². The lowest BCUT2D eigenvalue weighted by atomic mass is 10.0. The first-order valence-electron chi connectivity index (χ1n) is 13.3. The van der Waals surface area contributed by atoms with Gasteiger partial charge in [-0.05, 0) is 72.2 Å². The number of hydrogen-bond donors (Lipinski definition) is 5. The van der Waals surface area contributed by atoms with E-state index in [9.17, 15) is 19.5 Å². The van der Waals surface area contributed by atoms with Crippen LogP contribution in [0, 0.1) is 0 Å². The van der Waals surface area contributed by atoms with Gasteiger partial charge in [0.1, 0.15) is 12.2 Å². The lowest BCUT2D eigenvalue weighted by Gasteiger charge is -2.17. The molecular weight excluding hydrogens is 578 g/mol. The second-order valence-corrected chi connectivity index (χ2v) is 10.2. The number of rotatable bonds is 5. The number of carbonyl (C=O) groups is 3. The zero-order chi connectivity index (χ0) is 30.3. The van der Waals surface area contributed by atoms with Gasteiger partial charge >= 0.3 is 6.09 Å². The molecule has 222 valence electrons. The summed E-state index contributed by atoms with van der Waals surface area (Å²) in [6, 6.07) is 9.53. The summed E-state index contributed by atoms with van der Waals surface area (Å²) >= 11 is 6.19. The van der Waals surface area contributed by atoms with Gasteiger partial charge in [-0.25, -0.2) is 9.78 Å². The molecule has 2 aromatic carbocycles. The fraction of sp³-hybridized carbons (Fsp3) is 0.250. The van der Waals surface area contributed by atoms with Crippen LogP contribution in [0.4, 0.5) is 16.2 Å². The number of aromatic nitrogens is 6. The number of anilines is 2. The number of halogens is 1. The van der Waals surface area contributed by atoms with E-state index in [1.54, 1.807) is 48.7 Å². The highest BCUT2D eigenvalue weighted by Gasteiger charge is 2.22. The monoisotopic (exact) mass is 605 g/mol. The van der Waals surface area contributed by atoms with E-state index in [0.29, 0.717) is 64.0 Å². The van der Waals surface area contributed by atoms with Gasteiger partial charge < -0.3 is 25.5 Å². The van der Waals surface area contributed by atoms with Crippen molar-refractivity contribution in [2.75, 3.05) is 17.7 Å². The fourth-order valence-electron chi connectivity index (χ4n) is 4.65. The van der Waals surface area contributed by atoms with Gasteiger partial charge in [-0.15, -0.1) is 5.10 Å². The molecule has 0 radical (unpaired) electrons. The number of amides is 3. The highest BCUT2D eigenvalue weighted by molar-refractivity contribution is 6.30.